The van der Waals surface area contributed by atoms with Crippen LogP contribution in [0.25, 0.3) is 0 Å². The lowest BCUT2D eigenvalue weighted by Gasteiger charge is -2.27. The molecule has 17 heavy (non-hydrogen) atoms. The highest BCUT2D eigenvalue weighted by atomic mass is 16.5. The summed E-state index contributed by atoms with van der Waals surface area (Å²) in [6.07, 6.45) is 7.49. The van der Waals surface area contributed by atoms with Crippen molar-refractivity contribution in [1.29, 1.82) is 0 Å². The molecule has 102 valence electrons. The van der Waals surface area contributed by atoms with Crippen LogP contribution in [0.4, 0.5) is 0 Å². The van der Waals surface area contributed by atoms with E-state index in [1.807, 2.05) is 14.1 Å². The van der Waals surface area contributed by atoms with E-state index in [2.05, 4.69) is 6.92 Å². The molecule has 0 atom stereocenters. The molecule has 0 aliphatic carbocycles. The van der Waals surface area contributed by atoms with Crippen molar-refractivity contribution >= 4 is 5.97 Å². The number of nitrogens with zero attached hydrogens (tertiary/aromatic N) is 1. The average molecular weight is 246 g/mol. The fraction of sp³-hybridized carbons (Fsp3) is 0.923. The van der Waals surface area contributed by atoms with E-state index in [1.54, 1.807) is 0 Å². The van der Waals surface area contributed by atoms with Gasteiger partial charge in [-0.15, -0.1) is 0 Å². The van der Waals surface area contributed by atoms with Gasteiger partial charge in [-0.3, -0.25) is 4.48 Å². The molecule has 0 heterocycles. The third kappa shape index (κ3) is 11.6. The van der Waals surface area contributed by atoms with Gasteiger partial charge in [0, 0.05) is 0 Å². The summed E-state index contributed by atoms with van der Waals surface area (Å²) in [5, 5.41) is 8.70. The Morgan fingerprint density at radius 2 is 1.71 bits per heavy atom. The van der Waals surface area contributed by atoms with Crippen LogP contribution in [0.15, 0.2) is 0 Å². The molecule has 0 rings (SSSR count). The Balaban J connectivity index is 3.35. The molecule has 4 heteroatoms. The third-order valence-corrected chi connectivity index (χ3v) is 2.65. The van der Waals surface area contributed by atoms with Gasteiger partial charge in [-0.2, -0.15) is 0 Å². The zero-order valence-corrected chi connectivity index (χ0v) is 11.6. The van der Waals surface area contributed by atoms with Crippen LogP contribution in [0.2, 0.25) is 0 Å². The molecule has 0 saturated carbocycles. The average Bonchev–Trinajstić information content (AvgIpc) is 2.20. The van der Waals surface area contributed by atoms with Crippen LogP contribution >= 0.6 is 0 Å². The normalized spacial score (nSPS) is 11.7. The van der Waals surface area contributed by atoms with Gasteiger partial charge in [-0.1, -0.05) is 39.0 Å². The number of hydrogen-bond donors (Lipinski definition) is 1. The van der Waals surface area contributed by atoms with Gasteiger partial charge in [0.15, 0.2) is 13.3 Å². The number of likely N-dealkylation sites (N-methyl/N-ethyl adjacent to an activating group) is 1. The first-order chi connectivity index (χ1) is 7.98. The predicted molar refractivity (Wildman–Crippen MR) is 68.8 cm³/mol. The van der Waals surface area contributed by atoms with Crippen LogP contribution < -0.4 is 0 Å². The van der Waals surface area contributed by atoms with Crippen LogP contribution in [-0.4, -0.2) is 49.5 Å². The van der Waals surface area contributed by atoms with Gasteiger partial charge in [0.25, 0.3) is 0 Å². The Kier molecular flexibility index (Phi) is 9.09. The molecule has 0 spiro atoms. The maximum atomic E-state index is 10.6. The predicted octanol–water partition coefficient (Wildman–Crippen LogP) is 2.48. The first-order valence-electron chi connectivity index (χ1n) is 6.59. The molecule has 0 bridgehead atoms. The van der Waals surface area contributed by atoms with Crippen molar-refractivity contribution in [2.24, 2.45) is 0 Å². The third-order valence-electron chi connectivity index (χ3n) is 2.65. The highest BCUT2D eigenvalue weighted by molar-refractivity contribution is 5.67. The summed E-state index contributed by atoms with van der Waals surface area (Å²) in [5.74, 6) is -0.779. The monoisotopic (exact) mass is 246 g/mol. The van der Waals surface area contributed by atoms with Gasteiger partial charge in [0.05, 0.1) is 20.7 Å². The molecule has 4 nitrogen and oxygen atoms in total. The zero-order valence-electron chi connectivity index (χ0n) is 11.6. The van der Waals surface area contributed by atoms with Crippen molar-refractivity contribution < 1.29 is 19.1 Å². The van der Waals surface area contributed by atoms with Crippen LogP contribution in [0.1, 0.15) is 45.4 Å². The Bertz CT molecular complexity index is 205. The summed E-state index contributed by atoms with van der Waals surface area (Å²) in [5.41, 5.74) is 0. The quantitative estimate of drug-likeness (QED) is 0.346. The number of aliphatic carboxylic acids is 1. The lowest BCUT2D eigenvalue weighted by atomic mass is 10.1. The topological polar surface area (TPSA) is 46.5 Å². The molecule has 0 amide bonds. The SMILES string of the molecule is CCCCCCCCOC[N+](C)(C)CC(=O)O. The van der Waals surface area contributed by atoms with Crippen molar-refractivity contribution in [3.05, 3.63) is 0 Å². The zero-order chi connectivity index (χ0) is 13.1. The maximum absolute atomic E-state index is 10.6. The molecule has 0 aromatic rings. The van der Waals surface area contributed by atoms with E-state index in [-0.39, 0.29) is 6.54 Å². The number of quaternary nitrogens is 1. The van der Waals surface area contributed by atoms with E-state index in [1.165, 1.54) is 32.1 Å². The number of hydrogen-bond acceptors (Lipinski definition) is 2. The Morgan fingerprint density at radius 3 is 2.29 bits per heavy atom. The highest BCUT2D eigenvalue weighted by Crippen LogP contribution is 2.05. The van der Waals surface area contributed by atoms with E-state index in [0.29, 0.717) is 11.2 Å². The summed E-state index contributed by atoms with van der Waals surface area (Å²) in [4.78, 5) is 10.6. The minimum atomic E-state index is -0.779. The van der Waals surface area contributed by atoms with Crippen LogP contribution in [0.3, 0.4) is 0 Å². The Hall–Kier alpha value is -0.610. The van der Waals surface area contributed by atoms with Gasteiger partial charge in [-0.05, 0) is 6.42 Å². The number of rotatable bonds is 11. The number of carbonyl (C=O) groups is 1. The molecule has 0 fully saturated rings. The second-order valence-electron chi connectivity index (χ2n) is 5.29. The molecule has 0 aromatic carbocycles. The lowest BCUT2D eigenvalue weighted by Crippen LogP contribution is -2.45. The van der Waals surface area contributed by atoms with Crippen molar-refractivity contribution in [2.75, 3.05) is 34.0 Å². The summed E-state index contributed by atoms with van der Waals surface area (Å²) in [6.45, 7) is 3.54. The number of ether oxygens (including phenoxy) is 1. The molecule has 0 aliphatic heterocycles. The number of carboxylic acids is 1. The summed E-state index contributed by atoms with van der Waals surface area (Å²) in [7, 11) is 3.74. The molecule has 0 aliphatic rings. The number of carboxylic acid groups (broad SMARTS) is 1. The van der Waals surface area contributed by atoms with E-state index in [0.717, 1.165) is 13.0 Å². The van der Waals surface area contributed by atoms with Crippen molar-refractivity contribution in [2.45, 2.75) is 45.4 Å². The van der Waals surface area contributed by atoms with E-state index < -0.39 is 5.97 Å². The lowest BCUT2D eigenvalue weighted by molar-refractivity contribution is -0.902. The minimum Gasteiger partial charge on any atom is -0.477 e. The van der Waals surface area contributed by atoms with Gasteiger partial charge in [-0.25, -0.2) is 4.79 Å². The van der Waals surface area contributed by atoms with E-state index >= 15 is 0 Å². The van der Waals surface area contributed by atoms with Gasteiger partial charge in [0.2, 0.25) is 0 Å². The van der Waals surface area contributed by atoms with Crippen LogP contribution in [-0.2, 0) is 9.53 Å². The molecular formula is C13H28NO3+. The van der Waals surface area contributed by atoms with Crippen LogP contribution in [0.5, 0.6) is 0 Å². The molecular weight excluding hydrogens is 218 g/mol. The first-order valence-corrected chi connectivity index (χ1v) is 6.59. The maximum Gasteiger partial charge on any atom is 0.359 e. The van der Waals surface area contributed by atoms with Crippen molar-refractivity contribution in [1.82, 2.24) is 0 Å². The standard InChI is InChI=1S/C13H27NO3/c1-4-5-6-7-8-9-10-17-12-14(2,3)11-13(15)16/h4-12H2,1-3H3/p+1. The summed E-state index contributed by atoms with van der Waals surface area (Å²) >= 11 is 0. The van der Waals surface area contributed by atoms with Gasteiger partial charge in [0.1, 0.15) is 0 Å². The largest absolute Gasteiger partial charge is 0.477 e. The van der Waals surface area contributed by atoms with Crippen molar-refractivity contribution in [3.8, 4) is 0 Å². The highest BCUT2D eigenvalue weighted by Gasteiger charge is 2.18. The van der Waals surface area contributed by atoms with Gasteiger partial charge < -0.3 is 9.84 Å². The summed E-state index contributed by atoms with van der Waals surface area (Å²) < 4.78 is 5.89. The molecule has 0 aromatic heterocycles. The summed E-state index contributed by atoms with van der Waals surface area (Å²) in [6, 6.07) is 0. The smallest absolute Gasteiger partial charge is 0.359 e. The van der Waals surface area contributed by atoms with Crippen LogP contribution in [0, 0.1) is 0 Å². The molecule has 0 saturated heterocycles. The second-order valence-corrected chi connectivity index (χ2v) is 5.29. The number of unbranched alkanes of at least 4 members (excludes halogenated alkanes) is 5. The minimum absolute atomic E-state index is 0.108. The van der Waals surface area contributed by atoms with E-state index in [9.17, 15) is 4.79 Å². The second kappa shape index (κ2) is 9.42. The Morgan fingerprint density at radius 1 is 1.12 bits per heavy atom. The molecule has 1 N–H and O–H groups in total. The Labute approximate surface area is 105 Å². The fourth-order valence-corrected chi connectivity index (χ4v) is 1.71. The molecule has 0 unspecified atom stereocenters. The van der Waals surface area contributed by atoms with Gasteiger partial charge >= 0.3 is 5.97 Å². The van der Waals surface area contributed by atoms with E-state index in [4.69, 9.17) is 9.84 Å². The van der Waals surface area contributed by atoms with Crippen molar-refractivity contribution in [3.63, 3.8) is 0 Å². The fourth-order valence-electron chi connectivity index (χ4n) is 1.71. The first kappa shape index (κ1) is 16.4. The molecule has 0 radical (unpaired) electrons.